The standard InChI is InChI=1S/C17H16ClNO3/c1-22-17(21)15(11-12-7-3-2-4-8-12)19-16(20)13-9-5-6-10-14(13)18/h2-10,15H,11H2,1H3,(H,19,20)/t15-/m0/s1. The van der Waals surface area contributed by atoms with E-state index < -0.39 is 17.9 Å². The molecule has 0 fully saturated rings. The zero-order valence-corrected chi connectivity index (χ0v) is 12.8. The van der Waals surface area contributed by atoms with Crippen LogP contribution in [-0.4, -0.2) is 25.0 Å². The van der Waals surface area contributed by atoms with E-state index in [0.29, 0.717) is 17.0 Å². The van der Waals surface area contributed by atoms with Gasteiger partial charge in [0.1, 0.15) is 6.04 Å². The second-order valence-corrected chi connectivity index (χ2v) is 5.13. The Balaban J connectivity index is 2.15. The highest BCUT2D eigenvalue weighted by molar-refractivity contribution is 6.33. The number of methoxy groups -OCH3 is 1. The van der Waals surface area contributed by atoms with Gasteiger partial charge in [0.2, 0.25) is 0 Å². The molecule has 4 nitrogen and oxygen atoms in total. The van der Waals surface area contributed by atoms with E-state index in [0.717, 1.165) is 5.56 Å². The maximum atomic E-state index is 12.3. The van der Waals surface area contributed by atoms with Gasteiger partial charge in [0, 0.05) is 6.42 Å². The van der Waals surface area contributed by atoms with E-state index in [1.165, 1.54) is 7.11 Å². The minimum atomic E-state index is -0.767. The van der Waals surface area contributed by atoms with Gasteiger partial charge in [-0.2, -0.15) is 0 Å². The summed E-state index contributed by atoms with van der Waals surface area (Å²) in [5.41, 5.74) is 1.25. The van der Waals surface area contributed by atoms with Crippen LogP contribution < -0.4 is 5.32 Å². The SMILES string of the molecule is COC(=O)[C@H](Cc1ccccc1)NC(=O)c1ccccc1Cl. The van der Waals surface area contributed by atoms with Gasteiger partial charge in [-0.3, -0.25) is 4.79 Å². The van der Waals surface area contributed by atoms with Crippen molar-refractivity contribution >= 4 is 23.5 Å². The van der Waals surface area contributed by atoms with E-state index >= 15 is 0 Å². The van der Waals surface area contributed by atoms with E-state index in [9.17, 15) is 9.59 Å². The zero-order chi connectivity index (χ0) is 15.9. The summed E-state index contributed by atoms with van der Waals surface area (Å²) in [4.78, 5) is 24.2. The first kappa shape index (κ1) is 16.0. The fourth-order valence-corrected chi connectivity index (χ4v) is 2.29. The third-order valence-electron chi connectivity index (χ3n) is 3.19. The van der Waals surface area contributed by atoms with Crippen LogP contribution in [0.15, 0.2) is 54.6 Å². The number of carbonyl (C=O) groups excluding carboxylic acids is 2. The molecule has 2 rings (SSSR count). The van der Waals surface area contributed by atoms with E-state index in [2.05, 4.69) is 5.32 Å². The van der Waals surface area contributed by atoms with Crippen molar-refractivity contribution in [2.45, 2.75) is 12.5 Å². The number of benzene rings is 2. The number of halogens is 1. The predicted molar refractivity (Wildman–Crippen MR) is 84.9 cm³/mol. The molecule has 1 amide bonds. The summed E-state index contributed by atoms with van der Waals surface area (Å²) in [6.45, 7) is 0. The van der Waals surface area contributed by atoms with Crippen LogP contribution in [0.3, 0.4) is 0 Å². The van der Waals surface area contributed by atoms with Gasteiger partial charge < -0.3 is 10.1 Å². The normalized spacial score (nSPS) is 11.5. The third kappa shape index (κ3) is 4.09. The molecule has 22 heavy (non-hydrogen) atoms. The summed E-state index contributed by atoms with van der Waals surface area (Å²) in [7, 11) is 1.29. The lowest BCUT2D eigenvalue weighted by molar-refractivity contribution is -0.142. The maximum absolute atomic E-state index is 12.3. The first-order chi connectivity index (χ1) is 10.6. The summed E-state index contributed by atoms with van der Waals surface area (Å²) in [6, 6.07) is 15.3. The maximum Gasteiger partial charge on any atom is 0.328 e. The van der Waals surface area contributed by atoms with E-state index in [4.69, 9.17) is 16.3 Å². The molecule has 0 saturated heterocycles. The molecule has 1 N–H and O–H groups in total. The number of hydrogen-bond donors (Lipinski definition) is 1. The van der Waals surface area contributed by atoms with Crippen molar-refractivity contribution in [2.75, 3.05) is 7.11 Å². The highest BCUT2D eigenvalue weighted by Crippen LogP contribution is 2.15. The molecule has 114 valence electrons. The minimum absolute atomic E-state index is 0.325. The highest BCUT2D eigenvalue weighted by atomic mass is 35.5. The van der Waals surface area contributed by atoms with Crippen molar-refractivity contribution < 1.29 is 14.3 Å². The van der Waals surface area contributed by atoms with Crippen LogP contribution in [-0.2, 0) is 16.0 Å². The number of nitrogens with one attached hydrogen (secondary N) is 1. The summed E-state index contributed by atoms with van der Waals surface area (Å²) >= 11 is 6.00. The van der Waals surface area contributed by atoms with Gasteiger partial charge >= 0.3 is 5.97 Å². The van der Waals surface area contributed by atoms with Crippen molar-refractivity contribution in [1.82, 2.24) is 5.32 Å². The predicted octanol–water partition coefficient (Wildman–Crippen LogP) is 2.85. The number of esters is 1. The zero-order valence-electron chi connectivity index (χ0n) is 12.1. The molecule has 0 unspecified atom stereocenters. The van der Waals surface area contributed by atoms with Crippen molar-refractivity contribution in [2.24, 2.45) is 0 Å². The largest absolute Gasteiger partial charge is 0.467 e. The van der Waals surface area contributed by atoms with Gasteiger partial charge in [0.15, 0.2) is 0 Å². The molecule has 0 aliphatic rings. The van der Waals surface area contributed by atoms with Crippen molar-refractivity contribution in [3.8, 4) is 0 Å². The third-order valence-corrected chi connectivity index (χ3v) is 3.52. The lowest BCUT2D eigenvalue weighted by atomic mass is 10.1. The van der Waals surface area contributed by atoms with Crippen molar-refractivity contribution in [1.29, 1.82) is 0 Å². The lowest BCUT2D eigenvalue weighted by Crippen LogP contribution is -2.43. The molecular weight excluding hydrogens is 302 g/mol. The van der Waals surface area contributed by atoms with Crippen LogP contribution in [0.25, 0.3) is 0 Å². The Hall–Kier alpha value is -2.33. The summed E-state index contributed by atoms with van der Waals surface area (Å²) in [6.07, 6.45) is 0.351. The Morgan fingerprint density at radius 3 is 2.36 bits per heavy atom. The first-order valence-corrected chi connectivity index (χ1v) is 7.16. The minimum Gasteiger partial charge on any atom is -0.467 e. The molecule has 0 radical (unpaired) electrons. The molecule has 0 aromatic heterocycles. The van der Waals surface area contributed by atoms with Crippen molar-refractivity contribution in [3.05, 3.63) is 70.7 Å². The van der Waals surface area contributed by atoms with Crippen LogP contribution >= 0.6 is 11.6 Å². The molecule has 0 aliphatic heterocycles. The second kappa shape index (κ2) is 7.61. The Labute approximate surface area is 134 Å². The van der Waals surface area contributed by atoms with Crippen LogP contribution in [0.1, 0.15) is 15.9 Å². The van der Waals surface area contributed by atoms with Gasteiger partial charge in [-0.25, -0.2) is 4.79 Å². The average molecular weight is 318 g/mol. The molecule has 0 spiro atoms. The molecule has 0 aliphatic carbocycles. The van der Waals surface area contributed by atoms with Gasteiger partial charge in [0.05, 0.1) is 17.7 Å². The molecule has 0 saturated carbocycles. The number of rotatable bonds is 5. The van der Waals surface area contributed by atoms with Gasteiger partial charge in [-0.1, -0.05) is 54.1 Å². The summed E-state index contributed by atoms with van der Waals surface area (Å²) in [5, 5.41) is 3.01. The van der Waals surface area contributed by atoms with E-state index in [1.54, 1.807) is 24.3 Å². The van der Waals surface area contributed by atoms with Crippen LogP contribution in [0, 0.1) is 0 Å². The molecule has 2 aromatic rings. The highest BCUT2D eigenvalue weighted by Gasteiger charge is 2.23. The quantitative estimate of drug-likeness (QED) is 0.863. The lowest BCUT2D eigenvalue weighted by Gasteiger charge is -2.17. The Morgan fingerprint density at radius 2 is 1.73 bits per heavy atom. The van der Waals surface area contributed by atoms with Crippen LogP contribution in [0.2, 0.25) is 5.02 Å². The van der Waals surface area contributed by atoms with Gasteiger partial charge in [-0.05, 0) is 17.7 Å². The van der Waals surface area contributed by atoms with Crippen molar-refractivity contribution in [3.63, 3.8) is 0 Å². The summed E-state index contributed by atoms with van der Waals surface area (Å²) in [5.74, 6) is -0.902. The molecule has 2 aromatic carbocycles. The molecular formula is C17H16ClNO3. The molecule has 0 bridgehead atoms. The number of carbonyl (C=O) groups is 2. The fraction of sp³-hybridized carbons (Fsp3) is 0.176. The Kier molecular flexibility index (Phi) is 5.55. The number of hydrogen-bond acceptors (Lipinski definition) is 3. The van der Waals surface area contributed by atoms with Gasteiger partial charge in [0.25, 0.3) is 5.91 Å². The molecule has 5 heteroatoms. The monoisotopic (exact) mass is 317 g/mol. The number of ether oxygens (including phenoxy) is 1. The van der Waals surface area contributed by atoms with Gasteiger partial charge in [-0.15, -0.1) is 0 Å². The second-order valence-electron chi connectivity index (χ2n) is 4.72. The smallest absolute Gasteiger partial charge is 0.328 e. The first-order valence-electron chi connectivity index (χ1n) is 6.79. The Bertz CT molecular complexity index is 658. The topological polar surface area (TPSA) is 55.4 Å². The summed E-state index contributed by atoms with van der Waals surface area (Å²) < 4.78 is 4.76. The Morgan fingerprint density at radius 1 is 1.09 bits per heavy atom. The fourth-order valence-electron chi connectivity index (χ4n) is 2.07. The average Bonchev–Trinajstić information content (AvgIpc) is 2.54. The van der Waals surface area contributed by atoms with E-state index in [1.807, 2.05) is 30.3 Å². The number of amides is 1. The van der Waals surface area contributed by atoms with Crippen LogP contribution in [0.5, 0.6) is 0 Å². The molecule has 1 atom stereocenters. The molecule has 0 heterocycles. The van der Waals surface area contributed by atoms with Crippen LogP contribution in [0.4, 0.5) is 0 Å². The van der Waals surface area contributed by atoms with E-state index in [-0.39, 0.29) is 0 Å².